The van der Waals surface area contributed by atoms with Crippen LogP contribution in [-0.2, 0) is 12.4 Å². The Labute approximate surface area is 198 Å². The van der Waals surface area contributed by atoms with E-state index in [4.69, 9.17) is 15.1 Å². The van der Waals surface area contributed by atoms with E-state index in [1.54, 1.807) is 19.1 Å². The van der Waals surface area contributed by atoms with Crippen LogP contribution in [0.3, 0.4) is 0 Å². The van der Waals surface area contributed by atoms with Gasteiger partial charge >= 0.3 is 12.4 Å². The summed E-state index contributed by atoms with van der Waals surface area (Å²) in [4.78, 5) is 16.9. The molecule has 0 fully saturated rings. The minimum Gasteiger partial charge on any atom is -0.379 e. The van der Waals surface area contributed by atoms with Crippen LogP contribution >= 0.6 is 0 Å². The Balaban J connectivity index is 1.58. The highest BCUT2D eigenvalue weighted by Crippen LogP contribution is 2.33. The van der Waals surface area contributed by atoms with Crippen LogP contribution in [0, 0.1) is 6.92 Å². The highest BCUT2D eigenvalue weighted by molar-refractivity contribution is 5.95. The zero-order chi connectivity index (χ0) is 26.1. The van der Waals surface area contributed by atoms with Gasteiger partial charge in [0.25, 0.3) is 5.89 Å². The van der Waals surface area contributed by atoms with Crippen LogP contribution in [0.2, 0.25) is 0 Å². The summed E-state index contributed by atoms with van der Waals surface area (Å²) < 4.78 is 81.6. The van der Waals surface area contributed by atoms with Crippen LogP contribution < -0.4 is 10.6 Å². The molecule has 0 unspecified atom stereocenters. The van der Waals surface area contributed by atoms with E-state index in [0.29, 0.717) is 12.4 Å². The van der Waals surface area contributed by atoms with Crippen molar-refractivity contribution in [3.8, 4) is 28.7 Å². The normalized spacial score (nSPS) is 12.6. The lowest BCUT2D eigenvalue weighted by molar-refractivity contribution is -0.138. The fourth-order valence-corrected chi connectivity index (χ4v) is 2.88. The van der Waals surface area contributed by atoms with Crippen molar-refractivity contribution in [3.05, 3.63) is 77.2 Å². The van der Waals surface area contributed by atoms with Gasteiger partial charge in [-0.3, -0.25) is 9.97 Å². The number of hydrogen-bond donors (Lipinski definition) is 1. The van der Waals surface area contributed by atoms with Crippen LogP contribution in [0.5, 0.6) is 5.75 Å². The summed E-state index contributed by atoms with van der Waals surface area (Å²) in [7, 11) is 0. The Hall–Kier alpha value is -4.49. The summed E-state index contributed by atoms with van der Waals surface area (Å²) in [5, 5.41) is 7.46. The third-order valence-corrected chi connectivity index (χ3v) is 4.71. The van der Waals surface area contributed by atoms with E-state index >= 15 is 0 Å². The zero-order valence-electron chi connectivity index (χ0n) is 18.1. The van der Waals surface area contributed by atoms with E-state index in [0.717, 1.165) is 29.8 Å². The molecule has 4 rings (SSSR count). The SMILES string of the molecule is Cc1ccc(ON=C(N)c2ccc(C(F)(F)F)cn2)c(-c2nc(-c3ccc(C(F)(F)F)cn3)no2)c1. The summed E-state index contributed by atoms with van der Waals surface area (Å²) >= 11 is 0. The van der Waals surface area contributed by atoms with Gasteiger partial charge in [-0.05, 0) is 43.3 Å². The predicted molar refractivity (Wildman–Crippen MR) is 113 cm³/mol. The number of alkyl halides is 6. The van der Waals surface area contributed by atoms with Crippen LogP contribution in [0.1, 0.15) is 22.4 Å². The van der Waals surface area contributed by atoms with E-state index in [1.165, 1.54) is 6.07 Å². The number of amidine groups is 1. The van der Waals surface area contributed by atoms with Crippen molar-refractivity contribution in [3.63, 3.8) is 0 Å². The number of oxime groups is 1. The Bertz CT molecular complexity index is 1400. The van der Waals surface area contributed by atoms with E-state index in [-0.39, 0.29) is 40.3 Å². The van der Waals surface area contributed by atoms with Gasteiger partial charge in [0, 0.05) is 12.4 Å². The first-order valence-electron chi connectivity index (χ1n) is 9.94. The predicted octanol–water partition coefficient (Wildman–Crippen LogP) is 5.24. The quantitative estimate of drug-likeness (QED) is 0.170. The maximum atomic E-state index is 12.8. The molecular weight excluding hydrogens is 494 g/mol. The van der Waals surface area contributed by atoms with Crippen molar-refractivity contribution in [2.24, 2.45) is 10.9 Å². The third-order valence-electron chi connectivity index (χ3n) is 4.71. The number of pyridine rings is 2. The average Bonchev–Trinajstić information content (AvgIpc) is 3.32. The highest BCUT2D eigenvalue weighted by Gasteiger charge is 2.31. The highest BCUT2D eigenvalue weighted by atomic mass is 19.4. The molecule has 1 aromatic carbocycles. The number of benzene rings is 1. The number of rotatable bonds is 5. The number of nitrogens with two attached hydrogens (primary N) is 1. The Morgan fingerprint density at radius 3 is 2.17 bits per heavy atom. The van der Waals surface area contributed by atoms with Gasteiger partial charge in [0.15, 0.2) is 11.6 Å². The molecule has 0 spiro atoms. The van der Waals surface area contributed by atoms with E-state index in [2.05, 4.69) is 25.3 Å². The lowest BCUT2D eigenvalue weighted by atomic mass is 10.1. The first-order valence-corrected chi connectivity index (χ1v) is 9.94. The average molecular weight is 508 g/mol. The number of hydrogen-bond acceptors (Lipinski definition) is 7. The number of aryl methyl sites for hydroxylation is 1. The molecule has 0 radical (unpaired) electrons. The lowest BCUT2D eigenvalue weighted by Crippen LogP contribution is -2.17. The van der Waals surface area contributed by atoms with Crippen LogP contribution in [0.4, 0.5) is 26.3 Å². The molecule has 3 heterocycles. The number of halogens is 6. The summed E-state index contributed by atoms with van der Waals surface area (Å²) in [6, 6.07) is 8.60. The fraction of sp³-hybridized carbons (Fsp3) is 0.136. The summed E-state index contributed by atoms with van der Waals surface area (Å²) in [5.41, 5.74) is 4.95. The van der Waals surface area contributed by atoms with Crippen LogP contribution in [-0.4, -0.2) is 25.9 Å². The summed E-state index contributed by atoms with van der Waals surface area (Å²) in [6.07, 6.45) is -7.83. The molecule has 0 saturated heterocycles. The van der Waals surface area contributed by atoms with E-state index < -0.39 is 23.5 Å². The first kappa shape index (κ1) is 24.6. The second-order valence-corrected chi connectivity index (χ2v) is 7.35. The molecule has 4 aromatic rings. The van der Waals surface area contributed by atoms with Gasteiger partial charge in [0.05, 0.1) is 16.7 Å². The van der Waals surface area contributed by atoms with Gasteiger partial charge in [-0.25, -0.2) is 0 Å². The smallest absolute Gasteiger partial charge is 0.379 e. The largest absolute Gasteiger partial charge is 0.417 e. The van der Waals surface area contributed by atoms with Gasteiger partial charge in [-0.2, -0.15) is 31.3 Å². The van der Waals surface area contributed by atoms with Crippen LogP contribution in [0.25, 0.3) is 23.0 Å². The molecule has 36 heavy (non-hydrogen) atoms. The molecule has 3 aromatic heterocycles. The zero-order valence-corrected chi connectivity index (χ0v) is 18.1. The Kier molecular flexibility index (Phi) is 6.35. The topological polar surface area (TPSA) is 112 Å². The maximum Gasteiger partial charge on any atom is 0.417 e. The standard InChI is InChI=1S/C22H14F6N6O2/c1-11-2-7-17(35-33-18(29)15-5-3-12(9-30-15)21(23,24)25)14(8-11)20-32-19(34-36-20)16-6-4-13(10-31-16)22(26,27)28/h2-10H,1H3,(H2,29,33). The second-order valence-electron chi connectivity index (χ2n) is 7.35. The molecule has 0 atom stereocenters. The maximum absolute atomic E-state index is 12.8. The molecule has 0 aliphatic heterocycles. The van der Waals surface area contributed by atoms with Gasteiger partial charge in [-0.15, -0.1) is 0 Å². The molecule has 2 N–H and O–H groups in total. The fourth-order valence-electron chi connectivity index (χ4n) is 2.88. The minimum absolute atomic E-state index is 0.0452. The minimum atomic E-state index is -4.55. The number of nitrogens with zero attached hydrogens (tertiary/aromatic N) is 5. The van der Waals surface area contributed by atoms with Gasteiger partial charge in [0.2, 0.25) is 5.82 Å². The molecule has 0 aliphatic carbocycles. The Morgan fingerprint density at radius 2 is 1.58 bits per heavy atom. The van der Waals surface area contributed by atoms with Gasteiger partial charge < -0.3 is 15.1 Å². The first-order chi connectivity index (χ1) is 16.9. The molecular formula is C22H14F6N6O2. The Morgan fingerprint density at radius 1 is 0.917 bits per heavy atom. The van der Waals surface area contributed by atoms with E-state index in [1.807, 2.05) is 0 Å². The summed E-state index contributed by atoms with van der Waals surface area (Å²) in [6.45, 7) is 1.77. The molecule has 0 bridgehead atoms. The van der Waals surface area contributed by atoms with Crippen molar-refractivity contribution in [2.45, 2.75) is 19.3 Å². The number of aromatic nitrogens is 4. The molecule has 0 saturated carbocycles. The van der Waals surface area contributed by atoms with Crippen molar-refractivity contribution < 1.29 is 35.7 Å². The molecule has 186 valence electrons. The van der Waals surface area contributed by atoms with Crippen molar-refractivity contribution in [2.75, 3.05) is 0 Å². The van der Waals surface area contributed by atoms with Gasteiger partial charge in [-0.1, -0.05) is 21.9 Å². The lowest BCUT2D eigenvalue weighted by Gasteiger charge is -2.07. The monoisotopic (exact) mass is 508 g/mol. The third kappa shape index (κ3) is 5.42. The van der Waals surface area contributed by atoms with Crippen molar-refractivity contribution in [1.82, 2.24) is 20.1 Å². The van der Waals surface area contributed by atoms with Gasteiger partial charge in [0.1, 0.15) is 11.4 Å². The molecule has 14 heteroatoms. The van der Waals surface area contributed by atoms with Crippen molar-refractivity contribution in [1.29, 1.82) is 0 Å². The summed E-state index contributed by atoms with van der Waals surface area (Å²) in [5.74, 6) is -0.309. The molecule has 0 aliphatic rings. The molecule has 8 nitrogen and oxygen atoms in total. The molecule has 0 amide bonds. The van der Waals surface area contributed by atoms with Crippen molar-refractivity contribution >= 4 is 5.84 Å². The van der Waals surface area contributed by atoms with Crippen LogP contribution in [0.15, 0.2) is 64.5 Å². The van der Waals surface area contributed by atoms with E-state index in [9.17, 15) is 26.3 Å². The second kappa shape index (κ2) is 9.28.